The summed E-state index contributed by atoms with van der Waals surface area (Å²) in [6, 6.07) is 7.69. The van der Waals surface area contributed by atoms with Crippen LogP contribution in [0, 0.1) is 5.92 Å². The molecule has 0 aliphatic heterocycles. The summed E-state index contributed by atoms with van der Waals surface area (Å²) >= 11 is 0. The largest absolute Gasteiger partial charge is 0.383 e. The van der Waals surface area contributed by atoms with Gasteiger partial charge in [-0.1, -0.05) is 76.6 Å². The summed E-state index contributed by atoms with van der Waals surface area (Å²) in [5.74, 6) is 1.49. The molecule has 0 saturated heterocycles. The molecule has 1 aromatic carbocycles. The van der Waals surface area contributed by atoms with Crippen molar-refractivity contribution in [1.29, 1.82) is 0 Å². The van der Waals surface area contributed by atoms with Gasteiger partial charge in [-0.25, -0.2) is 0 Å². The lowest BCUT2D eigenvalue weighted by atomic mass is 9.75. The van der Waals surface area contributed by atoms with Crippen LogP contribution in [0.4, 0.5) is 0 Å². The third-order valence-corrected chi connectivity index (χ3v) is 7.67. The quantitative estimate of drug-likeness (QED) is 0.562. The summed E-state index contributed by atoms with van der Waals surface area (Å²) in [5.41, 5.74) is 6.47. The minimum Gasteiger partial charge on any atom is -0.383 e. The normalized spacial score (nSPS) is 26.0. The number of ether oxygens (including phenoxy) is 1. The molecule has 1 unspecified atom stereocenters. The van der Waals surface area contributed by atoms with E-state index in [1.54, 1.807) is 16.7 Å². The molecule has 2 saturated carbocycles. The predicted octanol–water partition coefficient (Wildman–Crippen LogP) is 6.59. The van der Waals surface area contributed by atoms with Gasteiger partial charge in [0.2, 0.25) is 0 Å². The highest BCUT2D eigenvalue weighted by Crippen LogP contribution is 2.51. The molecule has 0 heterocycles. The van der Waals surface area contributed by atoms with Crippen molar-refractivity contribution in [3.63, 3.8) is 0 Å². The van der Waals surface area contributed by atoms with Gasteiger partial charge in [0.05, 0.1) is 12.0 Å². The summed E-state index contributed by atoms with van der Waals surface area (Å²) in [7, 11) is 1.87. The Bertz CT molecular complexity index is 709. The van der Waals surface area contributed by atoms with Gasteiger partial charge in [-0.3, -0.25) is 0 Å². The van der Waals surface area contributed by atoms with E-state index in [4.69, 9.17) is 4.74 Å². The van der Waals surface area contributed by atoms with Crippen LogP contribution in [0.5, 0.6) is 0 Å². The molecule has 0 amide bonds. The lowest BCUT2D eigenvalue weighted by Gasteiger charge is -2.31. The zero-order valence-corrected chi connectivity index (χ0v) is 18.9. The van der Waals surface area contributed by atoms with E-state index in [9.17, 15) is 0 Å². The average Bonchev–Trinajstić information content (AvgIpc) is 3.09. The van der Waals surface area contributed by atoms with Crippen molar-refractivity contribution in [3.8, 4) is 0 Å². The average molecular weight is 396 g/mol. The number of fused-ring (bicyclic) bond motifs is 1. The van der Waals surface area contributed by atoms with E-state index in [2.05, 4.69) is 43.4 Å². The number of hydrogen-bond donors (Lipinski definition) is 1. The minimum atomic E-state index is -0.0220. The molecule has 0 bridgehead atoms. The van der Waals surface area contributed by atoms with Crippen molar-refractivity contribution in [3.05, 3.63) is 41.0 Å². The molecule has 3 aliphatic carbocycles. The van der Waals surface area contributed by atoms with Crippen molar-refractivity contribution in [1.82, 2.24) is 5.32 Å². The van der Waals surface area contributed by atoms with Crippen LogP contribution in [0.3, 0.4) is 0 Å². The van der Waals surface area contributed by atoms with E-state index >= 15 is 0 Å². The van der Waals surface area contributed by atoms with Crippen LogP contribution in [0.1, 0.15) is 101 Å². The molecule has 2 heteroatoms. The first-order valence-corrected chi connectivity index (χ1v) is 12.2. The summed E-state index contributed by atoms with van der Waals surface area (Å²) in [6.45, 7) is 6.24. The third kappa shape index (κ3) is 4.35. The molecular weight excluding hydrogens is 354 g/mol. The van der Waals surface area contributed by atoms with Crippen molar-refractivity contribution >= 4 is 5.57 Å². The standard InChI is InChI=1S/C27H41NO/c1-20(2)28-18-27(19-29-3)17-24(22-13-8-5-9-14-22)26-23(15-10-16-25(26)27)21-11-6-4-7-12-21/h10,15-17,20-22,28H,4-9,11-14,18-19H2,1-3H3. The summed E-state index contributed by atoms with van der Waals surface area (Å²) in [6.07, 6.45) is 16.5. The Morgan fingerprint density at radius 2 is 1.62 bits per heavy atom. The van der Waals surface area contributed by atoms with Gasteiger partial charge in [0.25, 0.3) is 0 Å². The molecule has 4 rings (SSSR count). The summed E-state index contributed by atoms with van der Waals surface area (Å²) in [5, 5.41) is 3.75. The van der Waals surface area contributed by atoms with Crippen LogP contribution in [0.2, 0.25) is 0 Å². The van der Waals surface area contributed by atoms with E-state index in [1.807, 2.05) is 7.11 Å². The molecule has 2 nitrogen and oxygen atoms in total. The Labute approximate surface area is 178 Å². The summed E-state index contributed by atoms with van der Waals surface area (Å²) < 4.78 is 5.85. The zero-order valence-electron chi connectivity index (χ0n) is 18.9. The van der Waals surface area contributed by atoms with Gasteiger partial charge in [0, 0.05) is 19.7 Å². The molecular formula is C27H41NO. The molecule has 3 aliphatic rings. The maximum Gasteiger partial charge on any atom is 0.0606 e. The molecule has 0 radical (unpaired) electrons. The fraction of sp³-hybridized carbons (Fsp3) is 0.704. The Balaban J connectivity index is 1.80. The smallest absolute Gasteiger partial charge is 0.0606 e. The topological polar surface area (TPSA) is 21.3 Å². The Kier molecular flexibility index (Phi) is 6.81. The highest BCUT2D eigenvalue weighted by molar-refractivity contribution is 5.81. The third-order valence-electron chi connectivity index (χ3n) is 7.67. The minimum absolute atomic E-state index is 0.0220. The first-order valence-electron chi connectivity index (χ1n) is 12.2. The number of methoxy groups -OCH3 is 1. The first kappa shape index (κ1) is 21.1. The number of hydrogen-bond acceptors (Lipinski definition) is 2. The second-order valence-electron chi connectivity index (χ2n) is 10.2. The van der Waals surface area contributed by atoms with Crippen LogP contribution in [0.15, 0.2) is 24.3 Å². The molecule has 1 aromatic rings. The van der Waals surface area contributed by atoms with Gasteiger partial charge in [0.15, 0.2) is 0 Å². The van der Waals surface area contributed by atoms with Crippen molar-refractivity contribution in [2.75, 3.05) is 20.3 Å². The second kappa shape index (κ2) is 9.35. The molecule has 0 aromatic heterocycles. The Hall–Kier alpha value is -1.12. The van der Waals surface area contributed by atoms with Crippen molar-refractivity contribution in [2.45, 2.75) is 95.4 Å². The number of allylic oxidation sites excluding steroid dienone is 1. The SMILES string of the molecule is COCC1(CNC(C)C)C=C(C2CCCCC2)c2c(C3CCCCC3)cccc21. The molecule has 29 heavy (non-hydrogen) atoms. The van der Waals surface area contributed by atoms with Crippen LogP contribution in [0.25, 0.3) is 5.57 Å². The zero-order chi connectivity index (χ0) is 20.3. The van der Waals surface area contributed by atoms with Crippen LogP contribution < -0.4 is 5.32 Å². The first-order chi connectivity index (χ1) is 14.1. The van der Waals surface area contributed by atoms with Gasteiger partial charge < -0.3 is 10.1 Å². The van der Waals surface area contributed by atoms with E-state index < -0.39 is 0 Å². The molecule has 160 valence electrons. The van der Waals surface area contributed by atoms with Crippen LogP contribution in [-0.4, -0.2) is 26.3 Å². The summed E-state index contributed by atoms with van der Waals surface area (Å²) in [4.78, 5) is 0. The van der Waals surface area contributed by atoms with Gasteiger partial charge >= 0.3 is 0 Å². The second-order valence-corrected chi connectivity index (χ2v) is 10.2. The fourth-order valence-electron chi connectivity index (χ4n) is 6.20. The fourth-order valence-corrected chi connectivity index (χ4v) is 6.20. The number of benzene rings is 1. The monoisotopic (exact) mass is 395 g/mol. The Morgan fingerprint density at radius 3 is 2.24 bits per heavy atom. The highest BCUT2D eigenvalue weighted by atomic mass is 16.5. The van der Waals surface area contributed by atoms with Gasteiger partial charge in [-0.2, -0.15) is 0 Å². The molecule has 1 N–H and O–H groups in total. The van der Waals surface area contributed by atoms with Crippen molar-refractivity contribution in [2.24, 2.45) is 5.92 Å². The molecule has 1 atom stereocenters. The van der Waals surface area contributed by atoms with E-state index in [0.717, 1.165) is 25.0 Å². The lowest BCUT2D eigenvalue weighted by molar-refractivity contribution is 0.149. The van der Waals surface area contributed by atoms with Gasteiger partial charge in [-0.05, 0) is 59.8 Å². The molecule has 2 fully saturated rings. The predicted molar refractivity (Wildman–Crippen MR) is 124 cm³/mol. The highest BCUT2D eigenvalue weighted by Gasteiger charge is 2.42. The van der Waals surface area contributed by atoms with E-state index in [0.29, 0.717) is 6.04 Å². The molecule has 0 spiro atoms. The van der Waals surface area contributed by atoms with Gasteiger partial charge in [-0.15, -0.1) is 0 Å². The van der Waals surface area contributed by atoms with E-state index in [1.165, 1.54) is 69.8 Å². The maximum absolute atomic E-state index is 5.85. The number of nitrogens with one attached hydrogen (secondary N) is 1. The van der Waals surface area contributed by atoms with E-state index in [-0.39, 0.29) is 5.41 Å². The lowest BCUT2D eigenvalue weighted by Crippen LogP contribution is -2.42. The van der Waals surface area contributed by atoms with Gasteiger partial charge in [0.1, 0.15) is 0 Å². The maximum atomic E-state index is 5.85. The van der Waals surface area contributed by atoms with Crippen LogP contribution in [-0.2, 0) is 10.2 Å². The Morgan fingerprint density at radius 1 is 0.966 bits per heavy atom. The van der Waals surface area contributed by atoms with Crippen molar-refractivity contribution < 1.29 is 4.74 Å². The van der Waals surface area contributed by atoms with Crippen LogP contribution >= 0.6 is 0 Å². The number of rotatable bonds is 7.